The normalized spacial score (nSPS) is 19.7. The number of hydrogen-bond acceptors (Lipinski definition) is 4. The Bertz CT molecular complexity index is 541. The van der Waals surface area contributed by atoms with Gasteiger partial charge in [-0.25, -0.2) is 9.97 Å². The molecule has 1 saturated heterocycles. The minimum Gasteiger partial charge on any atom is -0.297 e. The molecule has 3 heterocycles. The quantitative estimate of drug-likeness (QED) is 0.842. The number of likely N-dealkylation sites (tertiary alicyclic amines) is 1. The minimum atomic E-state index is 0.462. The van der Waals surface area contributed by atoms with Gasteiger partial charge in [0.15, 0.2) is 0 Å². The van der Waals surface area contributed by atoms with Gasteiger partial charge in [-0.15, -0.1) is 0 Å². The molecule has 2 aromatic heterocycles. The zero-order valence-electron chi connectivity index (χ0n) is 11.2. The average molecular weight is 254 g/mol. The van der Waals surface area contributed by atoms with E-state index in [0.717, 1.165) is 43.3 Å². The Labute approximate surface area is 113 Å². The van der Waals surface area contributed by atoms with Gasteiger partial charge in [-0.05, 0) is 38.1 Å². The molecule has 1 aliphatic heterocycles. The molecule has 98 valence electrons. The molecule has 3 rings (SSSR count). The van der Waals surface area contributed by atoms with Crippen LogP contribution < -0.4 is 0 Å². The van der Waals surface area contributed by atoms with E-state index in [1.807, 2.05) is 37.5 Å². The van der Waals surface area contributed by atoms with Crippen LogP contribution in [0.5, 0.6) is 0 Å². The summed E-state index contributed by atoms with van der Waals surface area (Å²) >= 11 is 0. The van der Waals surface area contributed by atoms with Crippen molar-refractivity contribution >= 4 is 0 Å². The minimum absolute atomic E-state index is 0.462. The van der Waals surface area contributed by atoms with Crippen molar-refractivity contribution in [2.75, 3.05) is 13.1 Å². The highest BCUT2D eigenvalue weighted by molar-refractivity contribution is 5.08. The van der Waals surface area contributed by atoms with E-state index in [-0.39, 0.29) is 0 Å². The number of aryl methyl sites for hydroxylation is 1. The average Bonchev–Trinajstić information content (AvgIpc) is 2.88. The lowest BCUT2D eigenvalue weighted by molar-refractivity contribution is 0.321. The molecule has 19 heavy (non-hydrogen) atoms. The molecule has 2 aromatic rings. The summed E-state index contributed by atoms with van der Waals surface area (Å²) < 4.78 is 0. The van der Waals surface area contributed by atoms with Crippen LogP contribution in [0.4, 0.5) is 0 Å². The zero-order valence-corrected chi connectivity index (χ0v) is 11.2. The fraction of sp³-hybridized carbons (Fsp3) is 0.400. The Kier molecular flexibility index (Phi) is 3.51. The van der Waals surface area contributed by atoms with Crippen LogP contribution in [0.15, 0.2) is 36.7 Å². The van der Waals surface area contributed by atoms with E-state index in [9.17, 15) is 0 Å². The second-order valence-corrected chi connectivity index (χ2v) is 5.10. The number of nitrogens with zero attached hydrogens (tertiary/aromatic N) is 4. The highest BCUT2D eigenvalue weighted by atomic mass is 15.2. The molecule has 1 atom stereocenters. The Morgan fingerprint density at radius 2 is 2.16 bits per heavy atom. The standard InChI is InChI=1S/C15H18N4/c1-12-5-8-17-15(18-12)13-6-9-19(10-13)11-14-4-2-3-7-16-14/h2-5,7-8,13H,6,9-11H2,1H3. The van der Waals surface area contributed by atoms with Crippen molar-refractivity contribution in [2.45, 2.75) is 25.8 Å². The Balaban J connectivity index is 1.64. The van der Waals surface area contributed by atoms with Gasteiger partial charge in [0.1, 0.15) is 5.82 Å². The zero-order chi connectivity index (χ0) is 13.1. The van der Waals surface area contributed by atoms with E-state index in [1.165, 1.54) is 0 Å². The molecule has 0 N–H and O–H groups in total. The Morgan fingerprint density at radius 1 is 1.21 bits per heavy atom. The summed E-state index contributed by atoms with van der Waals surface area (Å²) in [4.78, 5) is 15.8. The van der Waals surface area contributed by atoms with Crippen LogP contribution in [0.2, 0.25) is 0 Å². The number of hydrogen-bond donors (Lipinski definition) is 0. The monoisotopic (exact) mass is 254 g/mol. The maximum atomic E-state index is 4.54. The van der Waals surface area contributed by atoms with E-state index in [1.54, 1.807) is 0 Å². The molecule has 1 unspecified atom stereocenters. The Hall–Kier alpha value is -1.81. The summed E-state index contributed by atoms with van der Waals surface area (Å²) in [5.41, 5.74) is 2.18. The first-order valence-corrected chi connectivity index (χ1v) is 6.73. The van der Waals surface area contributed by atoms with Gasteiger partial charge in [-0.1, -0.05) is 6.07 Å². The van der Waals surface area contributed by atoms with E-state index >= 15 is 0 Å². The third-order valence-electron chi connectivity index (χ3n) is 3.56. The lowest BCUT2D eigenvalue weighted by Crippen LogP contribution is -2.20. The van der Waals surface area contributed by atoms with E-state index in [0.29, 0.717) is 5.92 Å². The first kappa shape index (κ1) is 12.2. The van der Waals surface area contributed by atoms with E-state index in [4.69, 9.17) is 0 Å². The lowest BCUT2D eigenvalue weighted by atomic mass is 10.1. The first-order valence-electron chi connectivity index (χ1n) is 6.73. The van der Waals surface area contributed by atoms with Crippen molar-refractivity contribution in [1.29, 1.82) is 0 Å². The summed E-state index contributed by atoms with van der Waals surface area (Å²) in [6.07, 6.45) is 4.85. The van der Waals surface area contributed by atoms with Crippen molar-refractivity contribution < 1.29 is 0 Å². The van der Waals surface area contributed by atoms with E-state index < -0.39 is 0 Å². The van der Waals surface area contributed by atoms with Crippen molar-refractivity contribution in [3.05, 3.63) is 53.9 Å². The molecule has 1 aliphatic rings. The van der Waals surface area contributed by atoms with Crippen LogP contribution in [0.25, 0.3) is 0 Å². The van der Waals surface area contributed by atoms with E-state index in [2.05, 4.69) is 25.9 Å². The van der Waals surface area contributed by atoms with Crippen molar-refractivity contribution in [3.63, 3.8) is 0 Å². The predicted molar refractivity (Wildman–Crippen MR) is 73.6 cm³/mol. The summed E-state index contributed by atoms with van der Waals surface area (Å²) in [6.45, 7) is 5.06. The molecular weight excluding hydrogens is 236 g/mol. The van der Waals surface area contributed by atoms with Gasteiger partial charge in [-0.2, -0.15) is 0 Å². The highest BCUT2D eigenvalue weighted by Gasteiger charge is 2.25. The molecule has 0 aliphatic carbocycles. The maximum Gasteiger partial charge on any atom is 0.132 e. The van der Waals surface area contributed by atoms with Gasteiger partial charge >= 0.3 is 0 Å². The molecule has 0 amide bonds. The fourth-order valence-corrected chi connectivity index (χ4v) is 2.57. The molecule has 0 aromatic carbocycles. The Morgan fingerprint density at radius 3 is 2.95 bits per heavy atom. The first-order chi connectivity index (χ1) is 9.31. The van der Waals surface area contributed by atoms with Gasteiger partial charge < -0.3 is 0 Å². The maximum absolute atomic E-state index is 4.54. The molecule has 0 spiro atoms. The van der Waals surface area contributed by atoms with Gasteiger partial charge in [0, 0.05) is 37.1 Å². The summed E-state index contributed by atoms with van der Waals surface area (Å²) in [6, 6.07) is 8.02. The van der Waals surface area contributed by atoms with Crippen LogP contribution in [0, 0.1) is 6.92 Å². The van der Waals surface area contributed by atoms with Gasteiger partial charge in [0.2, 0.25) is 0 Å². The van der Waals surface area contributed by atoms with Crippen LogP contribution in [0.1, 0.15) is 29.6 Å². The van der Waals surface area contributed by atoms with Crippen molar-refractivity contribution in [3.8, 4) is 0 Å². The largest absolute Gasteiger partial charge is 0.297 e. The fourth-order valence-electron chi connectivity index (χ4n) is 2.57. The van der Waals surface area contributed by atoms with Gasteiger partial charge in [0.05, 0.1) is 5.69 Å². The van der Waals surface area contributed by atoms with Crippen molar-refractivity contribution in [1.82, 2.24) is 19.9 Å². The van der Waals surface area contributed by atoms with Gasteiger partial charge in [-0.3, -0.25) is 9.88 Å². The molecular formula is C15H18N4. The van der Waals surface area contributed by atoms with Crippen LogP contribution in [0.3, 0.4) is 0 Å². The number of pyridine rings is 1. The van der Waals surface area contributed by atoms with Crippen LogP contribution >= 0.6 is 0 Å². The molecule has 4 nitrogen and oxygen atoms in total. The smallest absolute Gasteiger partial charge is 0.132 e. The SMILES string of the molecule is Cc1ccnc(C2CCN(Cc3ccccn3)C2)n1. The second kappa shape index (κ2) is 5.45. The summed E-state index contributed by atoms with van der Waals surface area (Å²) in [5.74, 6) is 1.45. The third kappa shape index (κ3) is 2.96. The van der Waals surface area contributed by atoms with Gasteiger partial charge in [0.25, 0.3) is 0 Å². The molecule has 0 bridgehead atoms. The summed E-state index contributed by atoms with van der Waals surface area (Å²) in [7, 11) is 0. The van der Waals surface area contributed by atoms with Crippen LogP contribution in [-0.2, 0) is 6.54 Å². The molecule has 0 saturated carbocycles. The highest BCUT2D eigenvalue weighted by Crippen LogP contribution is 2.25. The molecule has 1 fully saturated rings. The van der Waals surface area contributed by atoms with Crippen molar-refractivity contribution in [2.24, 2.45) is 0 Å². The summed E-state index contributed by atoms with van der Waals surface area (Å²) in [5, 5.41) is 0. The number of rotatable bonds is 3. The lowest BCUT2D eigenvalue weighted by Gasteiger charge is -2.15. The van der Waals surface area contributed by atoms with Crippen LogP contribution in [-0.4, -0.2) is 32.9 Å². The topological polar surface area (TPSA) is 41.9 Å². The third-order valence-corrected chi connectivity index (χ3v) is 3.56. The predicted octanol–water partition coefficient (Wildman–Crippen LogP) is 2.17. The molecule has 0 radical (unpaired) electrons. The number of aromatic nitrogens is 3. The second-order valence-electron chi connectivity index (χ2n) is 5.10. The molecule has 4 heteroatoms.